The van der Waals surface area contributed by atoms with Crippen LogP contribution in [0.3, 0.4) is 0 Å². The first-order valence-electron chi connectivity index (χ1n) is 7.82. The van der Waals surface area contributed by atoms with E-state index in [-0.39, 0.29) is 30.9 Å². The van der Waals surface area contributed by atoms with E-state index in [1.165, 1.54) is 0 Å². The van der Waals surface area contributed by atoms with Crippen LogP contribution in [0.4, 0.5) is 0 Å². The molecule has 0 aliphatic rings. The first kappa shape index (κ1) is 19.5. The summed E-state index contributed by atoms with van der Waals surface area (Å²) in [5, 5.41) is 3.51. The minimum atomic E-state index is -0.0602. The molecule has 0 spiro atoms. The lowest BCUT2D eigenvalue weighted by Crippen LogP contribution is -2.44. The molecule has 0 atom stereocenters. The number of benzene rings is 1. The van der Waals surface area contributed by atoms with E-state index in [0.717, 1.165) is 5.56 Å². The number of carbonyl (C=O) groups excluding carboxylic acids is 2. The summed E-state index contributed by atoms with van der Waals surface area (Å²) in [7, 11) is 1.76. The number of amides is 2. The zero-order valence-corrected chi connectivity index (χ0v) is 15.1. The summed E-state index contributed by atoms with van der Waals surface area (Å²) in [6, 6.07) is 7.53. The fourth-order valence-corrected chi connectivity index (χ4v) is 2.24. The number of carbonyl (C=O) groups is 2. The van der Waals surface area contributed by atoms with Crippen LogP contribution in [0.15, 0.2) is 24.3 Å². The molecule has 1 rings (SSSR count). The third-order valence-corrected chi connectivity index (χ3v) is 3.63. The van der Waals surface area contributed by atoms with Crippen LogP contribution in [0.1, 0.15) is 26.3 Å². The van der Waals surface area contributed by atoms with E-state index in [2.05, 4.69) is 5.32 Å². The SMILES string of the molecule is CCN(CC(=O)NC(C)C)CC(=O)N(C)Cc1ccc(Cl)cc1. The molecule has 0 aliphatic carbocycles. The predicted octanol–water partition coefficient (Wildman–Crippen LogP) is 2.14. The Kier molecular flexibility index (Phi) is 8.06. The van der Waals surface area contributed by atoms with Crippen molar-refractivity contribution in [3.8, 4) is 0 Å². The summed E-state index contributed by atoms with van der Waals surface area (Å²) >= 11 is 5.86. The summed E-state index contributed by atoms with van der Waals surface area (Å²) < 4.78 is 0. The van der Waals surface area contributed by atoms with Crippen LogP contribution in [-0.4, -0.2) is 54.3 Å². The van der Waals surface area contributed by atoms with Gasteiger partial charge in [-0.2, -0.15) is 0 Å². The van der Waals surface area contributed by atoms with Gasteiger partial charge in [-0.1, -0.05) is 30.7 Å². The lowest BCUT2D eigenvalue weighted by molar-refractivity contribution is -0.132. The van der Waals surface area contributed by atoms with E-state index >= 15 is 0 Å². The fraction of sp³-hybridized carbons (Fsp3) is 0.529. The van der Waals surface area contributed by atoms with Crippen LogP contribution in [0.5, 0.6) is 0 Å². The van der Waals surface area contributed by atoms with Gasteiger partial charge in [0.2, 0.25) is 11.8 Å². The third kappa shape index (κ3) is 7.48. The van der Waals surface area contributed by atoms with Gasteiger partial charge in [0.1, 0.15) is 0 Å². The minimum absolute atomic E-state index is 0.0147. The van der Waals surface area contributed by atoms with E-state index in [1.807, 2.05) is 49.9 Å². The van der Waals surface area contributed by atoms with Gasteiger partial charge in [0, 0.05) is 24.7 Å². The average Bonchev–Trinajstić information content (AvgIpc) is 2.47. The van der Waals surface area contributed by atoms with Gasteiger partial charge in [-0.25, -0.2) is 0 Å². The molecule has 2 amide bonds. The molecule has 0 aliphatic heterocycles. The van der Waals surface area contributed by atoms with E-state index < -0.39 is 0 Å². The van der Waals surface area contributed by atoms with Crippen molar-refractivity contribution in [1.82, 2.24) is 15.1 Å². The lowest BCUT2D eigenvalue weighted by atomic mass is 10.2. The Morgan fingerprint density at radius 3 is 2.30 bits per heavy atom. The zero-order chi connectivity index (χ0) is 17.4. The van der Waals surface area contributed by atoms with Crippen LogP contribution in [0.2, 0.25) is 5.02 Å². The van der Waals surface area contributed by atoms with Gasteiger partial charge in [0.15, 0.2) is 0 Å². The molecule has 0 radical (unpaired) electrons. The summed E-state index contributed by atoms with van der Waals surface area (Å²) in [6.45, 7) is 7.40. The van der Waals surface area contributed by atoms with Crippen molar-refractivity contribution in [2.24, 2.45) is 0 Å². The van der Waals surface area contributed by atoms with Gasteiger partial charge >= 0.3 is 0 Å². The standard InChI is InChI=1S/C17H26ClN3O2/c1-5-21(11-16(22)19-13(2)3)12-17(23)20(4)10-14-6-8-15(18)9-7-14/h6-9,13H,5,10-12H2,1-4H3,(H,19,22). The number of hydrogen-bond acceptors (Lipinski definition) is 3. The summed E-state index contributed by atoms with van der Waals surface area (Å²) in [4.78, 5) is 27.6. The molecule has 0 saturated carbocycles. The highest BCUT2D eigenvalue weighted by molar-refractivity contribution is 6.30. The molecule has 0 bridgehead atoms. The summed E-state index contributed by atoms with van der Waals surface area (Å²) in [5.41, 5.74) is 1.02. The van der Waals surface area contributed by atoms with Gasteiger partial charge in [0.25, 0.3) is 0 Å². The number of nitrogens with one attached hydrogen (secondary N) is 1. The van der Waals surface area contributed by atoms with Crippen molar-refractivity contribution < 1.29 is 9.59 Å². The highest BCUT2D eigenvalue weighted by Gasteiger charge is 2.16. The van der Waals surface area contributed by atoms with Crippen molar-refractivity contribution in [3.05, 3.63) is 34.9 Å². The Balaban J connectivity index is 2.51. The van der Waals surface area contributed by atoms with Crippen LogP contribution < -0.4 is 5.32 Å². The van der Waals surface area contributed by atoms with Crippen LogP contribution in [-0.2, 0) is 16.1 Å². The van der Waals surface area contributed by atoms with Crippen molar-refractivity contribution in [1.29, 1.82) is 0 Å². The Hall–Kier alpha value is -1.59. The molecule has 23 heavy (non-hydrogen) atoms. The molecule has 1 N–H and O–H groups in total. The number of nitrogens with zero attached hydrogens (tertiary/aromatic N) is 2. The maximum absolute atomic E-state index is 12.3. The number of likely N-dealkylation sites (N-methyl/N-ethyl adjacent to an activating group) is 2. The lowest BCUT2D eigenvalue weighted by Gasteiger charge is -2.24. The molecule has 6 heteroatoms. The van der Waals surface area contributed by atoms with E-state index in [4.69, 9.17) is 11.6 Å². The number of hydrogen-bond donors (Lipinski definition) is 1. The molecule has 0 unspecified atom stereocenters. The second-order valence-electron chi connectivity index (χ2n) is 5.90. The molecular weight excluding hydrogens is 314 g/mol. The quantitative estimate of drug-likeness (QED) is 0.789. The van der Waals surface area contributed by atoms with Crippen LogP contribution >= 0.6 is 11.6 Å². The smallest absolute Gasteiger partial charge is 0.236 e. The largest absolute Gasteiger partial charge is 0.353 e. The molecule has 0 heterocycles. The first-order valence-corrected chi connectivity index (χ1v) is 8.19. The number of rotatable bonds is 8. The molecule has 128 valence electrons. The van der Waals surface area contributed by atoms with Crippen LogP contribution in [0.25, 0.3) is 0 Å². The second-order valence-corrected chi connectivity index (χ2v) is 6.34. The summed E-state index contributed by atoms with van der Waals surface area (Å²) in [6.07, 6.45) is 0. The topological polar surface area (TPSA) is 52.7 Å². The average molecular weight is 340 g/mol. The first-order chi connectivity index (χ1) is 10.8. The second kappa shape index (κ2) is 9.53. The third-order valence-electron chi connectivity index (χ3n) is 3.38. The molecule has 1 aromatic rings. The van der Waals surface area contributed by atoms with Crippen molar-refractivity contribution in [3.63, 3.8) is 0 Å². The van der Waals surface area contributed by atoms with Gasteiger partial charge in [-0.3, -0.25) is 14.5 Å². The maximum Gasteiger partial charge on any atom is 0.236 e. The summed E-state index contributed by atoms with van der Waals surface area (Å²) in [5.74, 6) is -0.0749. The zero-order valence-electron chi connectivity index (χ0n) is 14.3. The molecule has 0 saturated heterocycles. The molecule has 5 nitrogen and oxygen atoms in total. The Bertz CT molecular complexity index is 517. The van der Waals surface area contributed by atoms with Crippen molar-refractivity contribution >= 4 is 23.4 Å². The molecule has 0 aromatic heterocycles. The van der Waals surface area contributed by atoms with Gasteiger partial charge in [0.05, 0.1) is 13.1 Å². The highest BCUT2D eigenvalue weighted by Crippen LogP contribution is 2.11. The predicted molar refractivity (Wildman–Crippen MR) is 93.3 cm³/mol. The van der Waals surface area contributed by atoms with Gasteiger partial charge in [-0.05, 0) is 38.1 Å². The van der Waals surface area contributed by atoms with Crippen molar-refractivity contribution in [2.75, 3.05) is 26.7 Å². The Morgan fingerprint density at radius 1 is 1.17 bits per heavy atom. The molecule has 1 aromatic carbocycles. The Labute approximate surface area is 143 Å². The minimum Gasteiger partial charge on any atom is -0.353 e. The van der Waals surface area contributed by atoms with E-state index in [0.29, 0.717) is 18.1 Å². The van der Waals surface area contributed by atoms with Crippen LogP contribution in [0, 0.1) is 0 Å². The monoisotopic (exact) mass is 339 g/mol. The molecular formula is C17H26ClN3O2. The van der Waals surface area contributed by atoms with Gasteiger partial charge in [-0.15, -0.1) is 0 Å². The fourth-order valence-electron chi connectivity index (χ4n) is 2.11. The maximum atomic E-state index is 12.3. The number of halogens is 1. The molecule has 0 fully saturated rings. The Morgan fingerprint density at radius 2 is 1.78 bits per heavy atom. The van der Waals surface area contributed by atoms with E-state index in [9.17, 15) is 9.59 Å². The van der Waals surface area contributed by atoms with Crippen molar-refractivity contribution in [2.45, 2.75) is 33.4 Å². The highest BCUT2D eigenvalue weighted by atomic mass is 35.5. The van der Waals surface area contributed by atoms with Gasteiger partial charge < -0.3 is 10.2 Å². The normalized spacial score (nSPS) is 10.9. The van der Waals surface area contributed by atoms with E-state index in [1.54, 1.807) is 11.9 Å².